The highest BCUT2D eigenvalue weighted by atomic mass is 16.5. The fourth-order valence-electron chi connectivity index (χ4n) is 2.93. The van der Waals surface area contributed by atoms with Crippen LogP contribution in [0.3, 0.4) is 0 Å². The second-order valence-electron chi connectivity index (χ2n) is 5.98. The van der Waals surface area contributed by atoms with Gasteiger partial charge in [0.15, 0.2) is 0 Å². The maximum atomic E-state index is 5.81. The van der Waals surface area contributed by atoms with E-state index in [1.807, 2.05) is 0 Å². The van der Waals surface area contributed by atoms with Crippen molar-refractivity contribution in [2.24, 2.45) is 0 Å². The molecular weight excluding hydrogens is 222 g/mol. The second-order valence-corrected chi connectivity index (χ2v) is 5.98. The van der Waals surface area contributed by atoms with Gasteiger partial charge in [0.1, 0.15) is 0 Å². The molecule has 1 aliphatic heterocycles. The monoisotopic (exact) mass is 245 g/mol. The van der Waals surface area contributed by atoms with Gasteiger partial charge in [0.2, 0.25) is 0 Å². The summed E-state index contributed by atoms with van der Waals surface area (Å²) in [4.78, 5) is 0. The Hall–Kier alpha value is -0.860. The Morgan fingerprint density at radius 3 is 2.89 bits per heavy atom. The van der Waals surface area contributed by atoms with Gasteiger partial charge in [-0.05, 0) is 49.7 Å². The molecule has 2 aliphatic rings. The predicted octanol–water partition coefficient (Wildman–Crippen LogP) is 3.22. The summed E-state index contributed by atoms with van der Waals surface area (Å²) in [5.74, 6) is 0.835. The Kier molecular flexibility index (Phi) is 3.40. The van der Waals surface area contributed by atoms with E-state index in [-0.39, 0.29) is 5.60 Å². The highest BCUT2D eigenvalue weighted by Crippen LogP contribution is 2.41. The molecule has 0 amide bonds. The van der Waals surface area contributed by atoms with Crippen LogP contribution in [0.25, 0.3) is 0 Å². The first-order valence-corrected chi connectivity index (χ1v) is 7.19. The number of ether oxygens (including phenoxy) is 1. The van der Waals surface area contributed by atoms with E-state index in [1.165, 1.54) is 31.2 Å². The van der Waals surface area contributed by atoms with Crippen LogP contribution in [-0.2, 0) is 11.3 Å². The zero-order chi connectivity index (χ0) is 12.4. The molecule has 2 fully saturated rings. The van der Waals surface area contributed by atoms with Crippen molar-refractivity contribution in [1.82, 2.24) is 5.32 Å². The van der Waals surface area contributed by atoms with E-state index in [2.05, 4.69) is 36.5 Å². The van der Waals surface area contributed by atoms with Gasteiger partial charge in [0, 0.05) is 19.7 Å². The van der Waals surface area contributed by atoms with Gasteiger partial charge in [-0.1, -0.05) is 24.3 Å². The molecule has 98 valence electrons. The van der Waals surface area contributed by atoms with Crippen molar-refractivity contribution < 1.29 is 4.74 Å². The minimum absolute atomic E-state index is 0.0640. The van der Waals surface area contributed by atoms with E-state index in [4.69, 9.17) is 4.74 Å². The third-order valence-corrected chi connectivity index (χ3v) is 4.19. The molecular formula is C16H23NO. The second kappa shape index (κ2) is 5.02. The summed E-state index contributed by atoms with van der Waals surface area (Å²) in [7, 11) is 0. The lowest BCUT2D eigenvalue weighted by Crippen LogP contribution is -2.36. The van der Waals surface area contributed by atoms with Crippen LogP contribution in [0.2, 0.25) is 0 Å². The number of rotatable bonds is 5. The highest BCUT2D eigenvalue weighted by Gasteiger charge is 2.29. The molecule has 1 aromatic carbocycles. The van der Waals surface area contributed by atoms with Crippen molar-refractivity contribution >= 4 is 0 Å². The lowest BCUT2D eigenvalue weighted by atomic mass is 10.0. The third-order valence-electron chi connectivity index (χ3n) is 4.19. The first-order chi connectivity index (χ1) is 8.77. The Balaban J connectivity index is 1.56. The molecule has 0 aromatic heterocycles. The van der Waals surface area contributed by atoms with Gasteiger partial charge in [-0.3, -0.25) is 0 Å². The molecule has 0 bridgehead atoms. The standard InChI is InChI=1S/C16H23NO/c1-16(9-4-10-18-16)12-17-11-14-5-2-3-6-15(14)13-7-8-13/h2-3,5-6,13,17H,4,7-12H2,1H3. The van der Waals surface area contributed by atoms with Crippen LogP contribution in [-0.4, -0.2) is 18.8 Å². The molecule has 18 heavy (non-hydrogen) atoms. The summed E-state index contributed by atoms with van der Waals surface area (Å²) in [6.07, 6.45) is 5.14. The van der Waals surface area contributed by atoms with Crippen LogP contribution in [0.5, 0.6) is 0 Å². The molecule has 1 N–H and O–H groups in total. The lowest BCUT2D eigenvalue weighted by Gasteiger charge is -2.23. The van der Waals surface area contributed by atoms with E-state index in [9.17, 15) is 0 Å². The molecule has 2 heteroatoms. The Morgan fingerprint density at radius 1 is 1.33 bits per heavy atom. The molecule has 1 saturated carbocycles. The van der Waals surface area contributed by atoms with E-state index in [1.54, 1.807) is 5.56 Å². The summed E-state index contributed by atoms with van der Waals surface area (Å²) in [6, 6.07) is 8.87. The zero-order valence-electron chi connectivity index (χ0n) is 11.2. The molecule has 0 spiro atoms. The van der Waals surface area contributed by atoms with Gasteiger partial charge in [-0.15, -0.1) is 0 Å². The number of benzene rings is 1. The van der Waals surface area contributed by atoms with Crippen molar-refractivity contribution in [2.45, 2.75) is 50.7 Å². The number of nitrogens with one attached hydrogen (secondary N) is 1. The normalized spacial score (nSPS) is 27.6. The average Bonchev–Trinajstić information content (AvgIpc) is 3.13. The van der Waals surface area contributed by atoms with Gasteiger partial charge < -0.3 is 10.1 Å². The summed E-state index contributed by atoms with van der Waals surface area (Å²) in [5, 5.41) is 3.58. The van der Waals surface area contributed by atoms with E-state index < -0.39 is 0 Å². The van der Waals surface area contributed by atoms with Crippen molar-refractivity contribution in [2.75, 3.05) is 13.2 Å². The van der Waals surface area contributed by atoms with Crippen LogP contribution < -0.4 is 5.32 Å². The fourth-order valence-corrected chi connectivity index (χ4v) is 2.93. The van der Waals surface area contributed by atoms with Crippen molar-refractivity contribution in [3.8, 4) is 0 Å². The molecule has 0 radical (unpaired) electrons. The maximum absolute atomic E-state index is 5.81. The van der Waals surface area contributed by atoms with Crippen molar-refractivity contribution in [1.29, 1.82) is 0 Å². The minimum Gasteiger partial charge on any atom is -0.374 e. The predicted molar refractivity (Wildman–Crippen MR) is 73.7 cm³/mol. The van der Waals surface area contributed by atoms with Crippen LogP contribution in [0.15, 0.2) is 24.3 Å². The van der Waals surface area contributed by atoms with Gasteiger partial charge in [0.05, 0.1) is 5.60 Å². The average molecular weight is 245 g/mol. The maximum Gasteiger partial charge on any atom is 0.0779 e. The molecule has 3 rings (SSSR count). The Bertz CT molecular complexity index is 405. The van der Waals surface area contributed by atoms with E-state index in [0.717, 1.165) is 25.6 Å². The smallest absolute Gasteiger partial charge is 0.0779 e. The van der Waals surface area contributed by atoms with Crippen LogP contribution >= 0.6 is 0 Å². The van der Waals surface area contributed by atoms with Gasteiger partial charge in [-0.25, -0.2) is 0 Å². The lowest BCUT2D eigenvalue weighted by molar-refractivity contribution is 0.0206. The molecule has 1 aliphatic carbocycles. The molecule has 1 atom stereocenters. The van der Waals surface area contributed by atoms with E-state index >= 15 is 0 Å². The minimum atomic E-state index is 0.0640. The summed E-state index contributed by atoms with van der Waals surface area (Å²) >= 11 is 0. The summed E-state index contributed by atoms with van der Waals surface area (Å²) < 4.78 is 5.81. The fraction of sp³-hybridized carbons (Fsp3) is 0.625. The quantitative estimate of drug-likeness (QED) is 0.860. The van der Waals surface area contributed by atoms with Gasteiger partial charge >= 0.3 is 0 Å². The van der Waals surface area contributed by atoms with Gasteiger partial charge in [-0.2, -0.15) is 0 Å². The van der Waals surface area contributed by atoms with Crippen LogP contribution in [0.1, 0.15) is 49.7 Å². The van der Waals surface area contributed by atoms with Gasteiger partial charge in [0.25, 0.3) is 0 Å². The molecule has 1 heterocycles. The number of hydrogen-bond donors (Lipinski definition) is 1. The summed E-state index contributed by atoms with van der Waals surface area (Å²) in [5.41, 5.74) is 3.10. The highest BCUT2D eigenvalue weighted by molar-refractivity contribution is 5.33. The third kappa shape index (κ3) is 2.76. The first kappa shape index (κ1) is 12.2. The number of hydrogen-bond acceptors (Lipinski definition) is 2. The van der Waals surface area contributed by atoms with Crippen LogP contribution in [0, 0.1) is 0 Å². The van der Waals surface area contributed by atoms with Crippen molar-refractivity contribution in [3.05, 3.63) is 35.4 Å². The Labute approximate surface area is 110 Å². The first-order valence-electron chi connectivity index (χ1n) is 7.19. The largest absolute Gasteiger partial charge is 0.374 e. The molecule has 2 nitrogen and oxygen atoms in total. The van der Waals surface area contributed by atoms with Crippen LogP contribution in [0.4, 0.5) is 0 Å². The Morgan fingerprint density at radius 2 is 2.17 bits per heavy atom. The van der Waals surface area contributed by atoms with Crippen molar-refractivity contribution in [3.63, 3.8) is 0 Å². The summed E-state index contributed by atoms with van der Waals surface area (Å²) in [6.45, 7) is 5.09. The SMILES string of the molecule is CC1(CNCc2ccccc2C2CC2)CCCO1. The topological polar surface area (TPSA) is 21.3 Å². The molecule has 1 saturated heterocycles. The zero-order valence-corrected chi connectivity index (χ0v) is 11.2. The molecule has 1 unspecified atom stereocenters. The van der Waals surface area contributed by atoms with E-state index in [0.29, 0.717) is 0 Å². The molecule has 1 aromatic rings.